The molecule has 134 valence electrons. The van der Waals surface area contributed by atoms with Crippen molar-refractivity contribution in [2.45, 2.75) is 50.0 Å². The standard InChI is InChI=1S/C17H26N2O4S/c1-14-6-2-4-12-19(14)24(22,23)16-9-7-15(8-10-16)17(21)18-11-3-5-13-20/h7-10,14,20H,2-6,11-13H2,1H3,(H,18,21)/t14-/m1/s1. The zero-order valence-electron chi connectivity index (χ0n) is 14.1. The topological polar surface area (TPSA) is 86.7 Å². The van der Waals surface area contributed by atoms with Crippen molar-refractivity contribution in [1.82, 2.24) is 9.62 Å². The van der Waals surface area contributed by atoms with Crippen molar-refractivity contribution in [1.29, 1.82) is 0 Å². The molecule has 0 saturated carbocycles. The summed E-state index contributed by atoms with van der Waals surface area (Å²) in [5.41, 5.74) is 0.435. The third-order valence-corrected chi connectivity index (χ3v) is 6.36. The Labute approximate surface area is 143 Å². The Morgan fingerprint density at radius 3 is 2.58 bits per heavy atom. The lowest BCUT2D eigenvalue weighted by Gasteiger charge is -2.32. The molecule has 24 heavy (non-hydrogen) atoms. The molecular weight excluding hydrogens is 328 g/mol. The van der Waals surface area contributed by atoms with Crippen molar-refractivity contribution < 1.29 is 18.3 Å². The average molecular weight is 354 g/mol. The molecule has 0 aliphatic carbocycles. The number of amides is 1. The summed E-state index contributed by atoms with van der Waals surface area (Å²) < 4.78 is 27.0. The fraction of sp³-hybridized carbons (Fsp3) is 0.588. The molecule has 1 aromatic rings. The van der Waals surface area contributed by atoms with Gasteiger partial charge in [-0.15, -0.1) is 0 Å². The Morgan fingerprint density at radius 2 is 1.96 bits per heavy atom. The molecular formula is C17H26N2O4S. The molecule has 6 nitrogen and oxygen atoms in total. The van der Waals surface area contributed by atoms with Crippen LogP contribution in [0.4, 0.5) is 0 Å². The van der Waals surface area contributed by atoms with Crippen LogP contribution in [0.25, 0.3) is 0 Å². The van der Waals surface area contributed by atoms with Gasteiger partial charge in [-0.25, -0.2) is 8.42 Å². The van der Waals surface area contributed by atoms with Crippen LogP contribution in [0, 0.1) is 0 Å². The number of nitrogens with zero attached hydrogens (tertiary/aromatic N) is 1. The quantitative estimate of drug-likeness (QED) is 0.731. The van der Waals surface area contributed by atoms with Gasteiger partial charge in [-0.3, -0.25) is 4.79 Å². The van der Waals surface area contributed by atoms with Gasteiger partial charge in [-0.2, -0.15) is 4.31 Å². The SMILES string of the molecule is C[C@@H]1CCCCN1S(=O)(=O)c1ccc(C(=O)NCCCCO)cc1. The van der Waals surface area contributed by atoms with E-state index in [0.29, 0.717) is 31.5 Å². The summed E-state index contributed by atoms with van der Waals surface area (Å²) >= 11 is 0. The summed E-state index contributed by atoms with van der Waals surface area (Å²) in [6.45, 7) is 3.09. The maximum atomic E-state index is 12.7. The van der Waals surface area contributed by atoms with E-state index in [9.17, 15) is 13.2 Å². The van der Waals surface area contributed by atoms with E-state index in [1.54, 1.807) is 16.4 Å². The molecule has 0 unspecified atom stereocenters. The number of sulfonamides is 1. The smallest absolute Gasteiger partial charge is 0.251 e. The van der Waals surface area contributed by atoms with Crippen LogP contribution in [0.1, 0.15) is 49.4 Å². The lowest BCUT2D eigenvalue weighted by atomic mass is 10.1. The molecule has 7 heteroatoms. The normalized spacial score (nSPS) is 19.2. The Morgan fingerprint density at radius 1 is 1.25 bits per heavy atom. The molecule has 2 rings (SSSR count). The zero-order chi connectivity index (χ0) is 17.6. The number of rotatable bonds is 7. The zero-order valence-corrected chi connectivity index (χ0v) is 14.9. The van der Waals surface area contributed by atoms with Crippen molar-refractivity contribution in [3.8, 4) is 0 Å². The van der Waals surface area contributed by atoms with Crippen LogP contribution in [-0.2, 0) is 10.0 Å². The van der Waals surface area contributed by atoms with Gasteiger partial charge in [-0.1, -0.05) is 6.42 Å². The van der Waals surface area contributed by atoms with Gasteiger partial charge in [0.25, 0.3) is 5.91 Å². The van der Waals surface area contributed by atoms with Crippen LogP contribution in [0.5, 0.6) is 0 Å². The summed E-state index contributed by atoms with van der Waals surface area (Å²) in [5.74, 6) is -0.233. The third kappa shape index (κ3) is 4.55. The van der Waals surface area contributed by atoms with E-state index >= 15 is 0 Å². The Balaban J connectivity index is 2.04. The maximum absolute atomic E-state index is 12.7. The summed E-state index contributed by atoms with van der Waals surface area (Å²) in [7, 11) is -3.50. The van der Waals surface area contributed by atoms with E-state index in [0.717, 1.165) is 19.3 Å². The lowest BCUT2D eigenvalue weighted by molar-refractivity contribution is 0.0952. The number of hydrogen-bond acceptors (Lipinski definition) is 4. The minimum Gasteiger partial charge on any atom is -0.396 e. The molecule has 1 heterocycles. The van der Waals surface area contributed by atoms with Crippen molar-refractivity contribution >= 4 is 15.9 Å². The summed E-state index contributed by atoms with van der Waals surface area (Å²) in [6, 6.07) is 6.10. The number of aliphatic hydroxyl groups excluding tert-OH is 1. The van der Waals surface area contributed by atoms with Crippen LogP contribution in [0.3, 0.4) is 0 Å². The highest BCUT2D eigenvalue weighted by Gasteiger charge is 2.30. The van der Waals surface area contributed by atoms with Gasteiger partial charge >= 0.3 is 0 Å². The minimum absolute atomic E-state index is 0.0123. The number of carbonyl (C=O) groups is 1. The summed E-state index contributed by atoms with van der Waals surface area (Å²) in [5, 5.41) is 11.5. The first-order valence-corrected chi connectivity index (χ1v) is 9.92. The maximum Gasteiger partial charge on any atom is 0.251 e. The van der Waals surface area contributed by atoms with Gasteiger partial charge in [0.2, 0.25) is 10.0 Å². The number of carbonyl (C=O) groups excluding carboxylic acids is 1. The number of piperidine rings is 1. The molecule has 0 bridgehead atoms. The second-order valence-electron chi connectivity index (χ2n) is 6.17. The molecule has 0 radical (unpaired) electrons. The fourth-order valence-electron chi connectivity index (χ4n) is 2.88. The predicted octanol–water partition coefficient (Wildman–Crippen LogP) is 1.75. The highest BCUT2D eigenvalue weighted by Crippen LogP contribution is 2.25. The van der Waals surface area contributed by atoms with Crippen LogP contribution >= 0.6 is 0 Å². The monoisotopic (exact) mass is 354 g/mol. The van der Waals surface area contributed by atoms with Crippen molar-refractivity contribution in [2.24, 2.45) is 0 Å². The van der Waals surface area contributed by atoms with Crippen LogP contribution in [0.15, 0.2) is 29.2 Å². The largest absolute Gasteiger partial charge is 0.396 e. The fourth-order valence-corrected chi connectivity index (χ4v) is 4.58. The third-order valence-electron chi connectivity index (χ3n) is 4.34. The molecule has 1 saturated heterocycles. The highest BCUT2D eigenvalue weighted by atomic mass is 32.2. The second-order valence-corrected chi connectivity index (χ2v) is 8.06. The molecule has 1 amide bonds. The molecule has 1 aliphatic rings. The number of nitrogens with one attached hydrogen (secondary N) is 1. The minimum atomic E-state index is -3.50. The van der Waals surface area contributed by atoms with Gasteiger partial charge < -0.3 is 10.4 Å². The first-order valence-electron chi connectivity index (χ1n) is 8.48. The molecule has 1 aliphatic heterocycles. The second kappa shape index (κ2) is 8.60. The van der Waals surface area contributed by atoms with E-state index in [1.807, 2.05) is 6.92 Å². The summed E-state index contributed by atoms with van der Waals surface area (Å²) in [6.07, 6.45) is 4.18. The average Bonchev–Trinajstić information content (AvgIpc) is 2.59. The van der Waals surface area contributed by atoms with Gasteiger partial charge in [0.05, 0.1) is 4.90 Å². The molecule has 0 spiro atoms. The Bertz CT molecular complexity index is 643. The number of hydrogen-bond donors (Lipinski definition) is 2. The van der Waals surface area contributed by atoms with Gasteiger partial charge in [0.15, 0.2) is 0 Å². The number of benzene rings is 1. The van der Waals surface area contributed by atoms with Crippen LogP contribution < -0.4 is 5.32 Å². The summed E-state index contributed by atoms with van der Waals surface area (Å²) in [4.78, 5) is 12.2. The van der Waals surface area contributed by atoms with E-state index < -0.39 is 10.0 Å². The van der Waals surface area contributed by atoms with Gasteiger partial charge in [-0.05, 0) is 56.9 Å². The van der Waals surface area contributed by atoms with Gasteiger partial charge in [0.1, 0.15) is 0 Å². The van der Waals surface area contributed by atoms with Crippen LogP contribution in [0.2, 0.25) is 0 Å². The van der Waals surface area contributed by atoms with Crippen LogP contribution in [-0.4, -0.2) is 49.5 Å². The molecule has 1 aromatic carbocycles. The number of unbranched alkanes of at least 4 members (excludes halogenated alkanes) is 1. The molecule has 1 atom stereocenters. The van der Waals surface area contributed by atoms with Crippen molar-refractivity contribution in [3.05, 3.63) is 29.8 Å². The molecule has 0 aromatic heterocycles. The van der Waals surface area contributed by atoms with E-state index in [-0.39, 0.29) is 23.5 Å². The number of aliphatic hydroxyl groups is 1. The molecule has 1 fully saturated rings. The Hall–Kier alpha value is -1.44. The predicted molar refractivity (Wildman–Crippen MR) is 92.3 cm³/mol. The van der Waals surface area contributed by atoms with Crippen molar-refractivity contribution in [3.63, 3.8) is 0 Å². The molecule has 2 N–H and O–H groups in total. The van der Waals surface area contributed by atoms with Crippen molar-refractivity contribution in [2.75, 3.05) is 19.7 Å². The first-order chi connectivity index (χ1) is 11.5. The van der Waals surface area contributed by atoms with E-state index in [1.165, 1.54) is 12.1 Å². The highest BCUT2D eigenvalue weighted by molar-refractivity contribution is 7.89. The van der Waals surface area contributed by atoms with E-state index in [4.69, 9.17) is 5.11 Å². The van der Waals surface area contributed by atoms with E-state index in [2.05, 4.69) is 5.32 Å². The first kappa shape index (κ1) is 18.9. The Kier molecular flexibility index (Phi) is 6.77. The lowest BCUT2D eigenvalue weighted by Crippen LogP contribution is -2.41. The van der Waals surface area contributed by atoms with Gasteiger partial charge in [0, 0.05) is 31.3 Å².